The normalized spacial score (nSPS) is 23.2. The highest BCUT2D eigenvalue weighted by atomic mass is 32.2. The fourth-order valence-electron chi connectivity index (χ4n) is 1.59. The van der Waals surface area contributed by atoms with Crippen LogP contribution in [0.25, 0.3) is 0 Å². The quantitative estimate of drug-likeness (QED) is 0.751. The van der Waals surface area contributed by atoms with Gasteiger partial charge in [-0.05, 0) is 12.1 Å². The summed E-state index contributed by atoms with van der Waals surface area (Å²) in [7, 11) is -3.73. The first-order chi connectivity index (χ1) is 7.52. The summed E-state index contributed by atoms with van der Waals surface area (Å²) in [5.41, 5.74) is 0.347. The number of nitrogens with one attached hydrogen (secondary N) is 1. The molecule has 16 heavy (non-hydrogen) atoms. The van der Waals surface area contributed by atoms with Gasteiger partial charge in [-0.15, -0.1) is 0 Å². The standard InChI is InChI=1S/C9H10N2O4S/c12-9(13)8-6-10-16(14,15)11(8)7-4-2-1-3-5-7/h1-5,8,10H,6H2,(H,12,13). The summed E-state index contributed by atoms with van der Waals surface area (Å²) in [6, 6.07) is 7.06. The van der Waals surface area contributed by atoms with Crippen molar-refractivity contribution in [3.05, 3.63) is 30.3 Å². The smallest absolute Gasteiger partial charge is 0.328 e. The molecule has 0 radical (unpaired) electrons. The summed E-state index contributed by atoms with van der Waals surface area (Å²) in [6.07, 6.45) is 0. The van der Waals surface area contributed by atoms with Crippen LogP contribution in [0.3, 0.4) is 0 Å². The van der Waals surface area contributed by atoms with Crippen molar-refractivity contribution in [1.82, 2.24) is 4.72 Å². The molecule has 0 bridgehead atoms. The number of nitrogens with zero attached hydrogens (tertiary/aromatic N) is 1. The van der Waals surface area contributed by atoms with Gasteiger partial charge in [0.2, 0.25) is 0 Å². The minimum absolute atomic E-state index is 0.118. The van der Waals surface area contributed by atoms with Crippen molar-refractivity contribution >= 4 is 21.9 Å². The molecule has 1 saturated heterocycles. The van der Waals surface area contributed by atoms with Crippen LogP contribution in [-0.4, -0.2) is 32.1 Å². The third-order valence-corrected chi connectivity index (χ3v) is 3.81. The third-order valence-electron chi connectivity index (χ3n) is 2.30. The summed E-state index contributed by atoms with van der Waals surface area (Å²) in [6.45, 7) is -0.118. The van der Waals surface area contributed by atoms with E-state index in [1.165, 1.54) is 0 Å². The Morgan fingerprint density at radius 1 is 1.38 bits per heavy atom. The Labute approximate surface area is 92.7 Å². The van der Waals surface area contributed by atoms with Gasteiger partial charge in [-0.25, -0.2) is 9.10 Å². The van der Waals surface area contributed by atoms with Crippen LogP contribution >= 0.6 is 0 Å². The lowest BCUT2D eigenvalue weighted by Crippen LogP contribution is -2.39. The predicted molar refractivity (Wildman–Crippen MR) is 57.3 cm³/mol. The van der Waals surface area contributed by atoms with Crippen LogP contribution in [0.1, 0.15) is 0 Å². The van der Waals surface area contributed by atoms with Gasteiger partial charge in [-0.1, -0.05) is 18.2 Å². The van der Waals surface area contributed by atoms with Gasteiger partial charge in [0.1, 0.15) is 0 Å². The Morgan fingerprint density at radius 2 is 2.00 bits per heavy atom. The van der Waals surface area contributed by atoms with E-state index in [0.717, 1.165) is 4.31 Å². The number of carbonyl (C=O) groups is 1. The molecule has 2 rings (SSSR count). The molecule has 86 valence electrons. The number of benzene rings is 1. The first kappa shape index (κ1) is 10.9. The fourth-order valence-corrected chi connectivity index (χ4v) is 2.99. The molecule has 1 unspecified atom stereocenters. The van der Waals surface area contributed by atoms with Gasteiger partial charge in [0, 0.05) is 6.54 Å². The Morgan fingerprint density at radius 3 is 2.56 bits per heavy atom. The van der Waals surface area contributed by atoms with Crippen LogP contribution in [0.15, 0.2) is 30.3 Å². The van der Waals surface area contributed by atoms with E-state index >= 15 is 0 Å². The highest BCUT2D eigenvalue weighted by molar-refractivity contribution is 7.91. The molecule has 2 N–H and O–H groups in total. The van der Waals surface area contributed by atoms with E-state index in [0.29, 0.717) is 5.69 Å². The van der Waals surface area contributed by atoms with Crippen LogP contribution in [0, 0.1) is 0 Å². The highest BCUT2D eigenvalue weighted by Gasteiger charge is 2.41. The maximum absolute atomic E-state index is 11.6. The molecule has 0 amide bonds. The number of hydrogen-bond donors (Lipinski definition) is 2. The van der Waals surface area contributed by atoms with Gasteiger partial charge >= 0.3 is 16.2 Å². The molecular formula is C9H10N2O4S. The lowest BCUT2D eigenvalue weighted by atomic mass is 10.2. The zero-order valence-corrected chi connectivity index (χ0v) is 9.02. The average Bonchev–Trinajstić information content (AvgIpc) is 2.55. The summed E-state index contributed by atoms with van der Waals surface area (Å²) >= 11 is 0. The number of carboxylic acid groups (broad SMARTS) is 1. The number of aliphatic carboxylic acids is 1. The zero-order valence-electron chi connectivity index (χ0n) is 8.20. The maximum Gasteiger partial charge on any atom is 0.328 e. The molecule has 0 aromatic heterocycles. The van der Waals surface area contributed by atoms with Crippen LogP contribution in [0.4, 0.5) is 5.69 Å². The van der Waals surface area contributed by atoms with Crippen LogP contribution in [0.2, 0.25) is 0 Å². The van der Waals surface area contributed by atoms with Crippen LogP contribution in [-0.2, 0) is 15.0 Å². The molecule has 0 saturated carbocycles. The van der Waals surface area contributed by atoms with E-state index in [1.54, 1.807) is 30.3 Å². The zero-order chi connectivity index (χ0) is 11.8. The van der Waals surface area contributed by atoms with Gasteiger partial charge in [-0.2, -0.15) is 13.1 Å². The summed E-state index contributed by atoms with van der Waals surface area (Å²) in [5, 5.41) is 8.93. The van der Waals surface area contributed by atoms with Crippen LogP contribution < -0.4 is 9.03 Å². The monoisotopic (exact) mass is 242 g/mol. The van der Waals surface area contributed by atoms with E-state index in [2.05, 4.69) is 4.72 Å². The lowest BCUT2D eigenvalue weighted by Gasteiger charge is -2.20. The SMILES string of the molecule is O=C(O)C1CNS(=O)(=O)N1c1ccccc1. The second-order valence-electron chi connectivity index (χ2n) is 3.34. The average molecular weight is 242 g/mol. The summed E-state index contributed by atoms with van der Waals surface area (Å²) < 4.78 is 26.3. The second-order valence-corrected chi connectivity index (χ2v) is 4.97. The number of hydrogen-bond acceptors (Lipinski definition) is 3. The number of carboxylic acids is 1. The minimum atomic E-state index is -3.73. The summed E-state index contributed by atoms with van der Waals surface area (Å²) in [5.74, 6) is -1.17. The molecule has 1 fully saturated rings. The molecule has 1 aromatic carbocycles. The molecule has 1 aliphatic rings. The van der Waals surface area contributed by atoms with Gasteiger partial charge in [0.15, 0.2) is 6.04 Å². The van der Waals surface area contributed by atoms with E-state index < -0.39 is 22.2 Å². The molecule has 6 nitrogen and oxygen atoms in total. The van der Waals surface area contributed by atoms with Gasteiger partial charge in [0.05, 0.1) is 5.69 Å². The van der Waals surface area contributed by atoms with E-state index in [4.69, 9.17) is 5.11 Å². The molecule has 1 heterocycles. The molecule has 1 atom stereocenters. The second kappa shape index (κ2) is 3.76. The Hall–Kier alpha value is -1.60. The Bertz CT molecular complexity index is 500. The van der Waals surface area contributed by atoms with Crippen molar-refractivity contribution in [2.45, 2.75) is 6.04 Å². The van der Waals surface area contributed by atoms with Crippen molar-refractivity contribution in [3.8, 4) is 0 Å². The van der Waals surface area contributed by atoms with Gasteiger partial charge < -0.3 is 5.11 Å². The first-order valence-electron chi connectivity index (χ1n) is 4.59. The summed E-state index contributed by atoms with van der Waals surface area (Å²) in [4.78, 5) is 10.9. The largest absolute Gasteiger partial charge is 0.480 e. The fraction of sp³-hybridized carbons (Fsp3) is 0.222. The van der Waals surface area contributed by atoms with Crippen LogP contribution in [0.5, 0.6) is 0 Å². The van der Waals surface area contributed by atoms with Gasteiger partial charge in [-0.3, -0.25) is 0 Å². The topological polar surface area (TPSA) is 86.7 Å². The lowest BCUT2D eigenvalue weighted by molar-refractivity contribution is -0.137. The molecule has 0 aliphatic carbocycles. The Kier molecular flexibility index (Phi) is 2.56. The number of anilines is 1. The van der Waals surface area contributed by atoms with E-state index in [1.807, 2.05) is 0 Å². The highest BCUT2D eigenvalue weighted by Crippen LogP contribution is 2.23. The van der Waals surface area contributed by atoms with Crippen molar-refractivity contribution in [2.75, 3.05) is 10.8 Å². The predicted octanol–water partition coefficient (Wildman–Crippen LogP) is -0.206. The molecular weight excluding hydrogens is 232 g/mol. The van der Waals surface area contributed by atoms with Crippen molar-refractivity contribution < 1.29 is 18.3 Å². The number of rotatable bonds is 2. The van der Waals surface area contributed by atoms with Gasteiger partial charge in [0.25, 0.3) is 0 Å². The third kappa shape index (κ3) is 1.74. The number of para-hydroxylation sites is 1. The van der Waals surface area contributed by atoms with E-state index in [9.17, 15) is 13.2 Å². The van der Waals surface area contributed by atoms with Crippen molar-refractivity contribution in [1.29, 1.82) is 0 Å². The Balaban J connectivity index is 2.46. The van der Waals surface area contributed by atoms with Crippen molar-refractivity contribution in [3.63, 3.8) is 0 Å². The minimum Gasteiger partial charge on any atom is -0.480 e. The molecule has 0 spiro atoms. The maximum atomic E-state index is 11.6. The molecule has 7 heteroatoms. The van der Waals surface area contributed by atoms with E-state index in [-0.39, 0.29) is 6.54 Å². The molecule has 1 aromatic rings. The first-order valence-corrected chi connectivity index (χ1v) is 6.03. The molecule has 1 aliphatic heterocycles. The van der Waals surface area contributed by atoms with Crippen molar-refractivity contribution in [2.24, 2.45) is 0 Å².